The number of hydrogen-bond acceptors (Lipinski definition) is 2. The van der Waals surface area contributed by atoms with E-state index in [0.717, 1.165) is 15.9 Å². The Labute approximate surface area is 105 Å². The molecule has 0 aliphatic carbocycles. The third kappa shape index (κ3) is 2.14. The summed E-state index contributed by atoms with van der Waals surface area (Å²) in [4.78, 5) is 4.59. The summed E-state index contributed by atoms with van der Waals surface area (Å²) < 4.78 is 6.70. The third-order valence-electron chi connectivity index (χ3n) is 2.78. The van der Waals surface area contributed by atoms with Gasteiger partial charge in [0.2, 0.25) is 5.90 Å². The van der Waals surface area contributed by atoms with Gasteiger partial charge in [-0.2, -0.15) is 0 Å². The van der Waals surface area contributed by atoms with Crippen molar-refractivity contribution < 1.29 is 4.74 Å². The molecular weight excluding hydrogens is 266 g/mol. The van der Waals surface area contributed by atoms with Crippen molar-refractivity contribution in [2.45, 2.75) is 33.2 Å². The quantitative estimate of drug-likeness (QED) is 0.771. The van der Waals surface area contributed by atoms with Crippen molar-refractivity contribution in [2.24, 2.45) is 4.99 Å². The lowest BCUT2D eigenvalue weighted by atomic mass is 10.1. The Balaban J connectivity index is 2.46. The number of halogens is 1. The normalized spacial score (nSPS) is 18.2. The van der Waals surface area contributed by atoms with E-state index in [9.17, 15) is 0 Å². The Kier molecular flexibility index (Phi) is 2.82. The number of ether oxygens (including phenoxy) is 1. The van der Waals surface area contributed by atoms with Crippen molar-refractivity contribution in [1.82, 2.24) is 0 Å². The Hall–Kier alpha value is -0.830. The number of aliphatic imine (C=N–C) groups is 1. The molecule has 0 bridgehead atoms. The molecule has 0 saturated heterocycles. The first-order valence-corrected chi connectivity index (χ1v) is 6.18. The molecule has 0 radical (unpaired) electrons. The van der Waals surface area contributed by atoms with Gasteiger partial charge in [-0.1, -0.05) is 0 Å². The zero-order chi connectivity index (χ0) is 11.9. The van der Waals surface area contributed by atoms with Crippen LogP contribution in [-0.4, -0.2) is 18.0 Å². The first-order chi connectivity index (χ1) is 7.39. The van der Waals surface area contributed by atoms with Crippen molar-refractivity contribution in [3.05, 3.63) is 33.3 Å². The van der Waals surface area contributed by atoms with E-state index in [1.165, 1.54) is 11.1 Å². The summed E-state index contributed by atoms with van der Waals surface area (Å²) in [7, 11) is 0. The second kappa shape index (κ2) is 3.88. The molecule has 0 amide bonds. The number of benzene rings is 1. The maximum atomic E-state index is 5.65. The van der Waals surface area contributed by atoms with Gasteiger partial charge in [-0.25, -0.2) is 4.99 Å². The first-order valence-electron chi connectivity index (χ1n) is 5.39. The van der Waals surface area contributed by atoms with E-state index in [0.29, 0.717) is 6.61 Å². The van der Waals surface area contributed by atoms with Gasteiger partial charge in [-0.15, -0.1) is 0 Å². The fraction of sp³-hybridized carbons (Fsp3) is 0.462. The van der Waals surface area contributed by atoms with Crippen LogP contribution in [0.25, 0.3) is 0 Å². The fourth-order valence-electron chi connectivity index (χ4n) is 1.67. The van der Waals surface area contributed by atoms with E-state index in [4.69, 9.17) is 4.74 Å². The van der Waals surface area contributed by atoms with Gasteiger partial charge in [0, 0.05) is 4.47 Å². The summed E-state index contributed by atoms with van der Waals surface area (Å²) in [5.74, 6) is 0.750. The number of aryl methyl sites for hydroxylation is 2. The van der Waals surface area contributed by atoms with Crippen LogP contribution in [0.3, 0.4) is 0 Å². The fourth-order valence-corrected chi connectivity index (χ4v) is 2.29. The molecule has 1 aliphatic heterocycles. The van der Waals surface area contributed by atoms with Gasteiger partial charge in [0.25, 0.3) is 0 Å². The molecule has 0 fully saturated rings. The summed E-state index contributed by atoms with van der Waals surface area (Å²) in [6.07, 6.45) is 0. The smallest absolute Gasteiger partial charge is 0.217 e. The lowest BCUT2D eigenvalue weighted by Gasteiger charge is -2.08. The standard InChI is InChI=1S/C13H16BrNO/c1-8-5-10(11(14)6-9(8)2)12-15-13(3,4)7-16-12/h5-6H,7H2,1-4H3. The van der Waals surface area contributed by atoms with Crippen molar-refractivity contribution in [3.8, 4) is 0 Å². The third-order valence-corrected chi connectivity index (χ3v) is 3.44. The van der Waals surface area contributed by atoms with Crippen molar-refractivity contribution in [3.63, 3.8) is 0 Å². The van der Waals surface area contributed by atoms with Gasteiger partial charge in [-0.3, -0.25) is 0 Å². The van der Waals surface area contributed by atoms with Gasteiger partial charge in [-0.05, 0) is 66.9 Å². The van der Waals surface area contributed by atoms with Crippen LogP contribution >= 0.6 is 15.9 Å². The van der Waals surface area contributed by atoms with Crippen LogP contribution in [0.2, 0.25) is 0 Å². The second-order valence-corrected chi connectivity index (χ2v) is 5.79. The molecule has 2 rings (SSSR count). The van der Waals surface area contributed by atoms with Crippen molar-refractivity contribution >= 4 is 21.8 Å². The number of nitrogens with zero attached hydrogens (tertiary/aromatic N) is 1. The average Bonchev–Trinajstić information content (AvgIpc) is 2.52. The zero-order valence-corrected chi connectivity index (χ0v) is 11.7. The summed E-state index contributed by atoms with van der Waals surface area (Å²) in [6.45, 7) is 9.02. The van der Waals surface area contributed by atoms with Gasteiger partial charge in [0.15, 0.2) is 0 Å². The predicted molar refractivity (Wildman–Crippen MR) is 70.2 cm³/mol. The molecular formula is C13H16BrNO. The molecule has 86 valence electrons. The Bertz CT molecular complexity index is 463. The minimum atomic E-state index is -0.104. The highest BCUT2D eigenvalue weighted by atomic mass is 79.9. The van der Waals surface area contributed by atoms with E-state index >= 15 is 0 Å². The van der Waals surface area contributed by atoms with Crippen LogP contribution in [-0.2, 0) is 4.74 Å². The summed E-state index contributed by atoms with van der Waals surface area (Å²) >= 11 is 3.57. The van der Waals surface area contributed by atoms with Gasteiger partial charge in [0.05, 0.1) is 11.1 Å². The van der Waals surface area contributed by atoms with E-state index in [2.05, 4.69) is 60.8 Å². The first kappa shape index (κ1) is 11.6. The molecule has 1 aliphatic rings. The van der Waals surface area contributed by atoms with Crippen LogP contribution in [0.5, 0.6) is 0 Å². The largest absolute Gasteiger partial charge is 0.475 e. The molecule has 0 N–H and O–H groups in total. The van der Waals surface area contributed by atoms with Crippen LogP contribution in [0.15, 0.2) is 21.6 Å². The molecule has 2 nitrogen and oxygen atoms in total. The highest BCUT2D eigenvalue weighted by molar-refractivity contribution is 9.10. The topological polar surface area (TPSA) is 21.6 Å². The Morgan fingerprint density at radius 3 is 2.44 bits per heavy atom. The molecule has 0 saturated carbocycles. The minimum absolute atomic E-state index is 0.104. The van der Waals surface area contributed by atoms with Crippen LogP contribution in [0.4, 0.5) is 0 Å². The maximum absolute atomic E-state index is 5.65. The SMILES string of the molecule is Cc1cc(Br)c(C2=NC(C)(C)CO2)cc1C. The van der Waals surface area contributed by atoms with Crippen LogP contribution in [0, 0.1) is 13.8 Å². The van der Waals surface area contributed by atoms with Gasteiger partial charge >= 0.3 is 0 Å². The minimum Gasteiger partial charge on any atom is -0.475 e. The van der Waals surface area contributed by atoms with E-state index in [1.54, 1.807) is 0 Å². The monoisotopic (exact) mass is 281 g/mol. The summed E-state index contributed by atoms with van der Waals surface area (Å²) in [5, 5.41) is 0. The van der Waals surface area contributed by atoms with Crippen LogP contribution in [0.1, 0.15) is 30.5 Å². The predicted octanol–water partition coefficient (Wildman–Crippen LogP) is 3.62. The zero-order valence-electron chi connectivity index (χ0n) is 10.1. The van der Waals surface area contributed by atoms with Gasteiger partial charge in [0.1, 0.15) is 6.61 Å². The van der Waals surface area contributed by atoms with Crippen LogP contribution < -0.4 is 0 Å². The second-order valence-electron chi connectivity index (χ2n) is 4.93. The number of rotatable bonds is 1. The number of hydrogen-bond donors (Lipinski definition) is 0. The highest BCUT2D eigenvalue weighted by Crippen LogP contribution is 2.27. The maximum Gasteiger partial charge on any atom is 0.217 e. The molecule has 1 aromatic rings. The molecule has 0 unspecified atom stereocenters. The van der Waals surface area contributed by atoms with Gasteiger partial charge < -0.3 is 4.74 Å². The van der Waals surface area contributed by atoms with Crippen molar-refractivity contribution in [2.75, 3.05) is 6.61 Å². The molecule has 1 heterocycles. The van der Waals surface area contributed by atoms with E-state index in [1.807, 2.05) is 0 Å². The molecule has 1 aromatic carbocycles. The summed E-state index contributed by atoms with van der Waals surface area (Å²) in [6, 6.07) is 4.24. The Morgan fingerprint density at radius 2 is 1.88 bits per heavy atom. The lowest BCUT2D eigenvalue weighted by Crippen LogP contribution is -2.17. The Morgan fingerprint density at radius 1 is 1.25 bits per heavy atom. The summed E-state index contributed by atoms with van der Waals surface area (Å²) in [5.41, 5.74) is 3.48. The van der Waals surface area contributed by atoms with E-state index < -0.39 is 0 Å². The van der Waals surface area contributed by atoms with E-state index in [-0.39, 0.29) is 5.54 Å². The molecule has 0 atom stereocenters. The lowest BCUT2D eigenvalue weighted by molar-refractivity contribution is 0.279. The molecule has 0 aromatic heterocycles. The van der Waals surface area contributed by atoms with Crippen molar-refractivity contribution in [1.29, 1.82) is 0 Å². The highest BCUT2D eigenvalue weighted by Gasteiger charge is 2.28. The molecule has 0 spiro atoms. The molecule has 3 heteroatoms. The average molecular weight is 282 g/mol. The molecule has 16 heavy (non-hydrogen) atoms.